The first-order valence-corrected chi connectivity index (χ1v) is 6.98. The molecule has 0 radical (unpaired) electrons. The van der Waals surface area contributed by atoms with Gasteiger partial charge in [0.15, 0.2) is 5.65 Å². The molecule has 2 aromatic heterocycles. The maximum Gasteiger partial charge on any atom is 0.261 e. The summed E-state index contributed by atoms with van der Waals surface area (Å²) in [5.41, 5.74) is 3.31. The van der Waals surface area contributed by atoms with Crippen molar-refractivity contribution in [3.05, 3.63) is 42.0 Å². The van der Waals surface area contributed by atoms with Gasteiger partial charge in [0.1, 0.15) is 6.33 Å². The fourth-order valence-corrected chi connectivity index (χ4v) is 2.79. The molecule has 0 fully saturated rings. The van der Waals surface area contributed by atoms with Crippen molar-refractivity contribution in [3.8, 4) is 0 Å². The highest BCUT2D eigenvalue weighted by molar-refractivity contribution is 6.09. The van der Waals surface area contributed by atoms with Crippen molar-refractivity contribution in [2.45, 2.75) is 25.7 Å². The third-order valence-electron chi connectivity index (χ3n) is 3.89. The summed E-state index contributed by atoms with van der Waals surface area (Å²) in [7, 11) is 0. The molecule has 2 heterocycles. The fraction of sp³-hybridized carbons (Fsp3) is 0.267. The maximum atomic E-state index is 12.5. The van der Waals surface area contributed by atoms with Gasteiger partial charge in [-0.2, -0.15) is 0 Å². The number of aliphatic imine (C=N–C) groups is 2. The summed E-state index contributed by atoms with van der Waals surface area (Å²) in [6.07, 6.45) is 4.96. The van der Waals surface area contributed by atoms with E-state index in [4.69, 9.17) is 0 Å². The standard InChI is InChI=1S/C15H16N6O/c1-4-17-15(16-3)19-14(22)11-7-10-9(2)5-6-12(10)21-8-18-20-13(11)21/h4,7-9H,1,3,5-6H2,2H3,(H,17,19,22). The van der Waals surface area contributed by atoms with Crippen LogP contribution in [0, 0.1) is 0 Å². The van der Waals surface area contributed by atoms with Crippen molar-refractivity contribution in [2.24, 2.45) is 9.98 Å². The molecule has 1 N–H and O–H groups in total. The Morgan fingerprint density at radius 3 is 3.14 bits per heavy atom. The van der Waals surface area contributed by atoms with Gasteiger partial charge in [-0.1, -0.05) is 13.5 Å². The minimum atomic E-state index is -0.340. The highest BCUT2D eigenvalue weighted by Gasteiger charge is 2.25. The summed E-state index contributed by atoms with van der Waals surface area (Å²) < 4.78 is 1.89. The fourth-order valence-electron chi connectivity index (χ4n) is 2.79. The molecule has 3 rings (SSSR count). The van der Waals surface area contributed by atoms with Crippen LogP contribution >= 0.6 is 0 Å². The summed E-state index contributed by atoms with van der Waals surface area (Å²) in [6.45, 7) is 9.00. The maximum absolute atomic E-state index is 12.5. The van der Waals surface area contributed by atoms with Crippen molar-refractivity contribution in [1.82, 2.24) is 19.9 Å². The quantitative estimate of drug-likeness (QED) is 0.676. The number of pyridine rings is 1. The average molecular weight is 296 g/mol. The van der Waals surface area contributed by atoms with Crippen molar-refractivity contribution in [1.29, 1.82) is 0 Å². The first kappa shape index (κ1) is 14.1. The molecule has 7 nitrogen and oxygen atoms in total. The minimum Gasteiger partial charge on any atom is -0.290 e. The second-order valence-corrected chi connectivity index (χ2v) is 5.17. The van der Waals surface area contributed by atoms with Gasteiger partial charge in [0.2, 0.25) is 5.96 Å². The minimum absolute atomic E-state index is 0.103. The normalized spacial score (nSPS) is 17.3. The second-order valence-electron chi connectivity index (χ2n) is 5.17. The Balaban J connectivity index is 2.08. The molecule has 0 aromatic carbocycles. The lowest BCUT2D eigenvalue weighted by Crippen LogP contribution is -2.29. The lowest BCUT2D eigenvalue weighted by molar-refractivity contribution is 0.0977. The van der Waals surface area contributed by atoms with Crippen LogP contribution in [0.15, 0.2) is 35.2 Å². The van der Waals surface area contributed by atoms with Crippen LogP contribution in [-0.2, 0) is 6.42 Å². The molecule has 0 bridgehead atoms. The monoisotopic (exact) mass is 296 g/mol. The average Bonchev–Trinajstić information content (AvgIpc) is 3.12. The van der Waals surface area contributed by atoms with Crippen LogP contribution in [0.1, 0.15) is 40.9 Å². The number of nitrogens with one attached hydrogen (secondary N) is 1. The number of amides is 1. The Labute approximate surface area is 127 Å². The lowest BCUT2D eigenvalue weighted by Gasteiger charge is -2.10. The molecule has 112 valence electrons. The van der Waals surface area contributed by atoms with E-state index in [1.807, 2.05) is 10.5 Å². The van der Waals surface area contributed by atoms with Crippen LogP contribution in [0.5, 0.6) is 0 Å². The van der Waals surface area contributed by atoms with Gasteiger partial charge in [0.25, 0.3) is 5.91 Å². The van der Waals surface area contributed by atoms with E-state index in [0.29, 0.717) is 17.1 Å². The van der Waals surface area contributed by atoms with Gasteiger partial charge in [-0.3, -0.25) is 14.5 Å². The number of hydrogen-bond acceptors (Lipinski definition) is 4. The van der Waals surface area contributed by atoms with E-state index in [9.17, 15) is 4.79 Å². The van der Waals surface area contributed by atoms with Crippen LogP contribution in [0.3, 0.4) is 0 Å². The number of aromatic nitrogens is 3. The van der Waals surface area contributed by atoms with E-state index in [1.165, 1.54) is 11.9 Å². The highest BCUT2D eigenvalue weighted by Crippen LogP contribution is 2.34. The number of carbonyl (C=O) groups excluding carboxylic acids is 1. The van der Waals surface area contributed by atoms with E-state index in [2.05, 4.69) is 45.7 Å². The number of rotatable bonds is 2. The van der Waals surface area contributed by atoms with Crippen LogP contribution < -0.4 is 5.32 Å². The van der Waals surface area contributed by atoms with E-state index < -0.39 is 0 Å². The first-order valence-electron chi connectivity index (χ1n) is 6.98. The van der Waals surface area contributed by atoms with Gasteiger partial charge in [-0.05, 0) is 37.1 Å². The molecule has 1 atom stereocenters. The smallest absolute Gasteiger partial charge is 0.261 e. The Morgan fingerprint density at radius 1 is 1.59 bits per heavy atom. The van der Waals surface area contributed by atoms with Crippen LogP contribution in [0.4, 0.5) is 0 Å². The predicted octanol–water partition coefficient (Wildman–Crippen LogP) is 1.71. The van der Waals surface area contributed by atoms with Gasteiger partial charge in [-0.15, -0.1) is 10.2 Å². The van der Waals surface area contributed by atoms with Crippen molar-refractivity contribution in [2.75, 3.05) is 0 Å². The number of fused-ring (bicyclic) bond motifs is 3. The largest absolute Gasteiger partial charge is 0.290 e. The Hall–Kier alpha value is -2.83. The number of carbonyl (C=O) groups is 1. The summed E-state index contributed by atoms with van der Waals surface area (Å²) in [5.74, 6) is 0.173. The first-order chi connectivity index (χ1) is 10.7. The topological polar surface area (TPSA) is 84.0 Å². The number of aryl methyl sites for hydroxylation is 1. The molecule has 2 aromatic rings. The van der Waals surface area contributed by atoms with E-state index in [1.54, 1.807) is 6.33 Å². The summed E-state index contributed by atoms with van der Waals surface area (Å²) >= 11 is 0. The number of guanidine groups is 1. The van der Waals surface area contributed by atoms with Crippen molar-refractivity contribution < 1.29 is 4.79 Å². The zero-order valence-electron chi connectivity index (χ0n) is 12.3. The molecule has 1 amide bonds. The predicted molar refractivity (Wildman–Crippen MR) is 84.4 cm³/mol. The number of nitrogens with zero attached hydrogens (tertiary/aromatic N) is 5. The summed E-state index contributed by atoms with van der Waals surface area (Å²) in [6, 6.07) is 1.89. The molecule has 0 saturated carbocycles. The van der Waals surface area contributed by atoms with Gasteiger partial charge >= 0.3 is 0 Å². The third kappa shape index (κ3) is 2.20. The number of hydrogen-bond donors (Lipinski definition) is 1. The van der Waals surface area contributed by atoms with Gasteiger partial charge in [0.05, 0.1) is 5.56 Å². The SMILES string of the molecule is C=CN=C(N=C)NC(=O)c1cc2c(n3cnnc13)CCC2C. The molecular weight excluding hydrogens is 280 g/mol. The Bertz CT molecular complexity index is 804. The van der Waals surface area contributed by atoms with E-state index >= 15 is 0 Å². The zero-order valence-corrected chi connectivity index (χ0v) is 12.3. The van der Waals surface area contributed by atoms with Gasteiger partial charge in [0, 0.05) is 11.9 Å². The molecule has 1 aliphatic rings. The summed E-state index contributed by atoms with van der Waals surface area (Å²) in [4.78, 5) is 20.0. The Kier molecular flexibility index (Phi) is 3.54. The molecule has 1 unspecified atom stereocenters. The lowest BCUT2D eigenvalue weighted by atomic mass is 10.0. The molecule has 22 heavy (non-hydrogen) atoms. The van der Waals surface area contributed by atoms with Crippen LogP contribution in [0.2, 0.25) is 0 Å². The molecule has 1 aliphatic carbocycles. The summed E-state index contributed by atoms with van der Waals surface area (Å²) in [5, 5.41) is 10.6. The van der Waals surface area contributed by atoms with Gasteiger partial charge in [-0.25, -0.2) is 9.98 Å². The van der Waals surface area contributed by atoms with Crippen molar-refractivity contribution in [3.63, 3.8) is 0 Å². The Morgan fingerprint density at radius 2 is 2.41 bits per heavy atom. The molecular formula is C15H16N6O. The molecule has 0 saturated heterocycles. The van der Waals surface area contributed by atoms with E-state index in [0.717, 1.165) is 18.4 Å². The molecule has 0 spiro atoms. The van der Waals surface area contributed by atoms with Crippen molar-refractivity contribution >= 4 is 24.2 Å². The van der Waals surface area contributed by atoms with Gasteiger partial charge < -0.3 is 0 Å². The molecule has 0 aliphatic heterocycles. The second kappa shape index (κ2) is 5.51. The zero-order chi connectivity index (χ0) is 15.7. The van der Waals surface area contributed by atoms with Crippen LogP contribution in [-0.4, -0.2) is 33.2 Å². The highest BCUT2D eigenvalue weighted by atomic mass is 16.1. The molecule has 7 heteroatoms. The van der Waals surface area contributed by atoms with Crippen LogP contribution in [0.25, 0.3) is 5.65 Å². The van der Waals surface area contributed by atoms with E-state index in [-0.39, 0.29) is 11.9 Å². The third-order valence-corrected chi connectivity index (χ3v) is 3.89.